The maximum atomic E-state index is 6.02. The summed E-state index contributed by atoms with van der Waals surface area (Å²) >= 11 is 1.83. The van der Waals surface area contributed by atoms with Crippen molar-refractivity contribution in [1.82, 2.24) is 5.06 Å². The molecule has 2 nitrogen and oxygen atoms in total. The topological polar surface area (TPSA) is 12.5 Å². The summed E-state index contributed by atoms with van der Waals surface area (Å²) in [6, 6.07) is 12.6. The average molecular weight is 245 g/mol. The molecular formula is C14H15NOS. The monoisotopic (exact) mass is 245 g/mol. The molecule has 1 atom stereocenters. The van der Waals surface area contributed by atoms with Crippen LogP contribution < -0.4 is 0 Å². The summed E-state index contributed by atoms with van der Waals surface area (Å²) < 4.78 is 0. The van der Waals surface area contributed by atoms with Crippen LogP contribution in [-0.4, -0.2) is 18.7 Å². The number of benzene rings is 1. The minimum absolute atomic E-state index is 0.0462. The van der Waals surface area contributed by atoms with Crippen LogP contribution in [0.3, 0.4) is 0 Å². The second-order valence-electron chi connectivity index (χ2n) is 4.30. The van der Waals surface area contributed by atoms with Gasteiger partial charge in [-0.05, 0) is 23.4 Å². The van der Waals surface area contributed by atoms with Gasteiger partial charge < -0.3 is 0 Å². The van der Waals surface area contributed by atoms with Crippen molar-refractivity contribution >= 4 is 11.3 Å². The van der Waals surface area contributed by atoms with Crippen molar-refractivity contribution in [2.24, 2.45) is 0 Å². The predicted molar refractivity (Wildman–Crippen MR) is 70.0 cm³/mol. The molecule has 88 valence electrons. The van der Waals surface area contributed by atoms with Crippen molar-refractivity contribution < 1.29 is 4.84 Å². The molecule has 0 bridgehead atoms. The van der Waals surface area contributed by atoms with E-state index in [4.69, 9.17) is 4.84 Å². The van der Waals surface area contributed by atoms with Crippen molar-refractivity contribution in [1.29, 1.82) is 0 Å². The maximum Gasteiger partial charge on any atom is 0.130 e. The van der Waals surface area contributed by atoms with Crippen LogP contribution in [0.25, 0.3) is 0 Å². The van der Waals surface area contributed by atoms with Crippen LogP contribution in [-0.2, 0) is 11.3 Å². The van der Waals surface area contributed by atoms with E-state index in [9.17, 15) is 0 Å². The van der Waals surface area contributed by atoms with Gasteiger partial charge in [0.2, 0.25) is 0 Å². The number of hydroxylamine groups is 2. The van der Waals surface area contributed by atoms with Gasteiger partial charge in [0, 0.05) is 24.0 Å². The summed E-state index contributed by atoms with van der Waals surface area (Å²) in [5.41, 5.74) is 2.55. The minimum Gasteiger partial charge on any atom is -0.286 e. The zero-order valence-electron chi connectivity index (χ0n) is 9.80. The van der Waals surface area contributed by atoms with Gasteiger partial charge in [0.25, 0.3) is 0 Å². The van der Waals surface area contributed by atoms with Gasteiger partial charge in [0.1, 0.15) is 6.10 Å². The maximum absolute atomic E-state index is 6.02. The summed E-state index contributed by atoms with van der Waals surface area (Å²) in [7, 11) is 2.01. The number of nitrogens with zero attached hydrogens (tertiary/aromatic N) is 1. The Morgan fingerprint density at radius 2 is 2.06 bits per heavy atom. The Hall–Kier alpha value is -1.16. The third-order valence-electron chi connectivity index (χ3n) is 3.10. The Labute approximate surface area is 105 Å². The van der Waals surface area contributed by atoms with Crippen molar-refractivity contribution in [2.75, 3.05) is 13.6 Å². The predicted octanol–water partition coefficient (Wildman–Crippen LogP) is 3.26. The lowest BCUT2D eigenvalue weighted by Crippen LogP contribution is -2.21. The first kappa shape index (κ1) is 11.0. The van der Waals surface area contributed by atoms with Crippen molar-refractivity contribution in [3.63, 3.8) is 0 Å². The number of hydrogen-bond donors (Lipinski definition) is 0. The molecule has 0 saturated carbocycles. The molecule has 1 aromatic heterocycles. The third-order valence-corrected chi connectivity index (χ3v) is 4.10. The molecule has 0 radical (unpaired) electrons. The lowest BCUT2D eigenvalue weighted by Gasteiger charge is -2.21. The molecule has 0 spiro atoms. The van der Waals surface area contributed by atoms with Crippen molar-refractivity contribution in [2.45, 2.75) is 12.5 Å². The number of likely N-dealkylation sites (N-methyl/N-ethyl adjacent to an activating group) is 1. The first-order valence-electron chi connectivity index (χ1n) is 5.84. The lowest BCUT2D eigenvalue weighted by molar-refractivity contribution is -0.166. The quantitative estimate of drug-likeness (QED) is 0.764. The van der Waals surface area contributed by atoms with Gasteiger partial charge in [-0.3, -0.25) is 4.84 Å². The van der Waals surface area contributed by atoms with E-state index in [-0.39, 0.29) is 6.10 Å². The lowest BCUT2D eigenvalue weighted by atomic mass is 10.0. The van der Waals surface area contributed by atoms with Crippen LogP contribution in [0.4, 0.5) is 0 Å². The normalized spacial score (nSPS) is 20.9. The Kier molecular flexibility index (Phi) is 2.97. The fraction of sp³-hybridized carbons (Fsp3) is 0.286. The molecule has 0 saturated heterocycles. The van der Waals surface area contributed by atoms with E-state index in [0.29, 0.717) is 0 Å². The number of hydrogen-bond acceptors (Lipinski definition) is 3. The van der Waals surface area contributed by atoms with Gasteiger partial charge >= 0.3 is 0 Å². The van der Waals surface area contributed by atoms with E-state index >= 15 is 0 Å². The van der Waals surface area contributed by atoms with E-state index < -0.39 is 0 Å². The van der Waals surface area contributed by atoms with E-state index in [1.165, 1.54) is 16.0 Å². The van der Waals surface area contributed by atoms with Crippen molar-refractivity contribution in [3.05, 3.63) is 57.8 Å². The van der Waals surface area contributed by atoms with Crippen LogP contribution in [0.5, 0.6) is 0 Å². The highest BCUT2D eigenvalue weighted by Gasteiger charge is 2.24. The molecule has 2 aromatic rings. The molecule has 17 heavy (non-hydrogen) atoms. The molecule has 3 heteroatoms. The summed E-state index contributed by atoms with van der Waals surface area (Å²) in [4.78, 5) is 7.47. The SMILES string of the molecule is CN1CCc2sccc2[C@@H](c2ccccc2)O1. The fourth-order valence-corrected chi connectivity index (χ4v) is 3.10. The average Bonchev–Trinajstić information content (AvgIpc) is 2.77. The summed E-state index contributed by atoms with van der Waals surface area (Å²) in [6.07, 6.45) is 1.12. The van der Waals surface area contributed by atoms with Gasteiger partial charge in [-0.1, -0.05) is 30.3 Å². The second-order valence-corrected chi connectivity index (χ2v) is 5.30. The Morgan fingerprint density at radius 1 is 1.24 bits per heavy atom. The highest BCUT2D eigenvalue weighted by Crippen LogP contribution is 2.34. The molecule has 2 heterocycles. The first-order valence-corrected chi connectivity index (χ1v) is 6.71. The zero-order valence-corrected chi connectivity index (χ0v) is 10.6. The highest BCUT2D eigenvalue weighted by atomic mass is 32.1. The van der Waals surface area contributed by atoms with E-state index in [1.807, 2.05) is 29.5 Å². The third kappa shape index (κ3) is 2.14. The molecule has 3 rings (SSSR count). The molecule has 1 aliphatic heterocycles. The summed E-state index contributed by atoms with van der Waals surface area (Å²) in [5.74, 6) is 0. The van der Waals surface area contributed by atoms with Gasteiger partial charge in [0.05, 0.1) is 0 Å². The Morgan fingerprint density at radius 3 is 2.88 bits per heavy atom. The molecule has 0 unspecified atom stereocenters. The molecule has 0 fully saturated rings. The van der Waals surface area contributed by atoms with E-state index in [2.05, 4.69) is 35.7 Å². The summed E-state index contributed by atoms with van der Waals surface area (Å²) in [6.45, 7) is 0.955. The smallest absolute Gasteiger partial charge is 0.130 e. The molecule has 0 amide bonds. The Bertz CT molecular complexity index is 494. The van der Waals surface area contributed by atoms with Crippen LogP contribution in [0.15, 0.2) is 41.8 Å². The van der Waals surface area contributed by atoms with Crippen molar-refractivity contribution in [3.8, 4) is 0 Å². The standard InChI is InChI=1S/C14H15NOS/c1-15-9-7-13-12(8-10-17-13)14(16-15)11-5-3-2-4-6-11/h2-6,8,10,14H,7,9H2,1H3/t14-/m1/s1. The zero-order chi connectivity index (χ0) is 11.7. The number of fused-ring (bicyclic) bond motifs is 1. The molecule has 0 N–H and O–H groups in total. The van der Waals surface area contributed by atoms with Gasteiger partial charge in [-0.15, -0.1) is 11.3 Å². The van der Waals surface area contributed by atoms with Gasteiger partial charge in [-0.25, -0.2) is 0 Å². The van der Waals surface area contributed by atoms with Crippen LogP contribution in [0.1, 0.15) is 22.1 Å². The highest BCUT2D eigenvalue weighted by molar-refractivity contribution is 7.10. The van der Waals surface area contributed by atoms with Gasteiger partial charge in [-0.2, -0.15) is 5.06 Å². The van der Waals surface area contributed by atoms with Crippen LogP contribution in [0.2, 0.25) is 0 Å². The van der Waals surface area contributed by atoms with Gasteiger partial charge in [0.15, 0.2) is 0 Å². The molecule has 1 aliphatic rings. The summed E-state index contributed by atoms with van der Waals surface area (Å²) in [5, 5.41) is 4.11. The molecule has 1 aromatic carbocycles. The molecule has 0 aliphatic carbocycles. The largest absolute Gasteiger partial charge is 0.286 e. The Balaban J connectivity index is 2.03. The van der Waals surface area contributed by atoms with Crippen LogP contribution >= 0.6 is 11.3 Å². The van der Waals surface area contributed by atoms with E-state index in [1.54, 1.807) is 0 Å². The first-order chi connectivity index (χ1) is 8.34. The molecular weight excluding hydrogens is 230 g/mol. The minimum atomic E-state index is 0.0462. The van der Waals surface area contributed by atoms with Crippen LogP contribution in [0, 0.1) is 0 Å². The number of rotatable bonds is 1. The van der Waals surface area contributed by atoms with E-state index in [0.717, 1.165) is 13.0 Å². The second kappa shape index (κ2) is 4.61. The number of thiophene rings is 1. The fourth-order valence-electron chi connectivity index (χ4n) is 2.20.